The van der Waals surface area contributed by atoms with Crippen molar-refractivity contribution in [2.24, 2.45) is 5.92 Å². The number of alkyl carbamates (subject to hydrolysis) is 1. The molecule has 7 heteroatoms. The summed E-state index contributed by atoms with van der Waals surface area (Å²) in [6.07, 6.45) is 2.36. The molecule has 0 bridgehead atoms. The van der Waals surface area contributed by atoms with Crippen molar-refractivity contribution in [3.63, 3.8) is 0 Å². The highest BCUT2D eigenvalue weighted by Gasteiger charge is 2.48. The highest BCUT2D eigenvalue weighted by atomic mass is 16.5. The number of carboxylic acids is 1. The largest absolute Gasteiger partial charge is 0.481 e. The Bertz CT molecular complexity index is 1080. The van der Waals surface area contributed by atoms with E-state index in [1.165, 1.54) is 11.1 Å². The molecular weight excluding hydrogens is 432 g/mol. The molecule has 34 heavy (non-hydrogen) atoms. The number of nitrogens with zero attached hydrogens (tertiary/aromatic N) is 1. The van der Waals surface area contributed by atoms with Crippen LogP contribution in [0.15, 0.2) is 48.5 Å². The Labute approximate surface area is 199 Å². The highest BCUT2D eigenvalue weighted by Crippen LogP contribution is 2.45. The summed E-state index contributed by atoms with van der Waals surface area (Å²) in [4.78, 5) is 38.9. The van der Waals surface area contributed by atoms with Gasteiger partial charge in [-0.2, -0.15) is 0 Å². The number of aliphatic carboxylic acids is 1. The van der Waals surface area contributed by atoms with E-state index in [0.29, 0.717) is 32.2 Å². The molecule has 2 aromatic carbocycles. The van der Waals surface area contributed by atoms with Crippen LogP contribution >= 0.6 is 0 Å². The second kappa shape index (κ2) is 8.78. The molecule has 2 aromatic rings. The molecule has 2 N–H and O–H groups in total. The Hall–Kier alpha value is -3.35. The monoisotopic (exact) mass is 462 g/mol. The second-order valence-electron chi connectivity index (χ2n) is 9.82. The number of amides is 2. The molecule has 2 atom stereocenters. The number of carbonyl (C=O) groups is 3. The van der Waals surface area contributed by atoms with Crippen molar-refractivity contribution in [3.05, 3.63) is 59.7 Å². The number of ether oxygens (including phenoxy) is 1. The number of rotatable bonds is 6. The van der Waals surface area contributed by atoms with Gasteiger partial charge in [-0.05, 0) is 54.9 Å². The Balaban J connectivity index is 1.19. The van der Waals surface area contributed by atoms with Gasteiger partial charge >= 0.3 is 12.1 Å². The van der Waals surface area contributed by atoms with Crippen molar-refractivity contribution in [2.45, 2.75) is 56.5 Å². The molecule has 0 radical (unpaired) electrons. The number of carboxylic acid groups (broad SMARTS) is 1. The standard InChI is InChI=1S/C27H30N2O5/c1-17-18(25(31)32)11-6-14-29(17)24(30)15-27(12-13-27)28-26(33)34-16-23-21-9-4-2-7-19(21)20-8-3-5-10-22(20)23/h2-5,7-10,17-18,23H,6,11-16H2,1H3,(H,28,33)(H,31,32)/t17-,18-/m0/s1. The molecule has 3 aliphatic rings. The number of fused-ring (bicyclic) bond motifs is 3. The molecule has 1 saturated heterocycles. The summed E-state index contributed by atoms with van der Waals surface area (Å²) in [6.45, 7) is 2.59. The maximum absolute atomic E-state index is 13.0. The normalized spacial score (nSPS) is 22.4. The zero-order valence-electron chi connectivity index (χ0n) is 19.3. The molecule has 178 valence electrons. The minimum Gasteiger partial charge on any atom is -0.481 e. The number of nitrogens with one attached hydrogen (secondary N) is 1. The summed E-state index contributed by atoms with van der Waals surface area (Å²) in [5.74, 6) is -1.52. The van der Waals surface area contributed by atoms with Crippen LogP contribution in [0.25, 0.3) is 11.1 Å². The lowest BCUT2D eigenvalue weighted by atomic mass is 9.90. The van der Waals surface area contributed by atoms with Crippen LogP contribution < -0.4 is 5.32 Å². The van der Waals surface area contributed by atoms with Gasteiger partial charge in [-0.1, -0.05) is 48.5 Å². The van der Waals surface area contributed by atoms with E-state index in [1.54, 1.807) is 11.8 Å². The first-order chi connectivity index (χ1) is 16.4. The number of carbonyl (C=O) groups excluding carboxylic acids is 2. The molecule has 7 nitrogen and oxygen atoms in total. The Morgan fingerprint density at radius 1 is 1.06 bits per heavy atom. The number of likely N-dealkylation sites (tertiary alicyclic amines) is 1. The van der Waals surface area contributed by atoms with Crippen LogP contribution in [0.1, 0.15) is 56.1 Å². The van der Waals surface area contributed by atoms with Crippen molar-refractivity contribution >= 4 is 18.0 Å². The van der Waals surface area contributed by atoms with E-state index in [-0.39, 0.29) is 30.9 Å². The fourth-order valence-electron chi connectivity index (χ4n) is 5.56. The highest BCUT2D eigenvalue weighted by molar-refractivity contribution is 5.82. The van der Waals surface area contributed by atoms with E-state index >= 15 is 0 Å². The van der Waals surface area contributed by atoms with Crippen molar-refractivity contribution in [1.29, 1.82) is 0 Å². The lowest BCUT2D eigenvalue weighted by Gasteiger charge is -2.38. The van der Waals surface area contributed by atoms with Crippen LogP contribution in [-0.2, 0) is 14.3 Å². The average Bonchev–Trinajstić information content (AvgIpc) is 3.49. The van der Waals surface area contributed by atoms with Crippen LogP contribution in [-0.4, -0.2) is 52.7 Å². The number of hydrogen-bond acceptors (Lipinski definition) is 4. The zero-order chi connectivity index (χ0) is 23.9. The summed E-state index contributed by atoms with van der Waals surface area (Å²) >= 11 is 0. The maximum atomic E-state index is 13.0. The van der Waals surface area contributed by atoms with Gasteiger partial charge in [-0.15, -0.1) is 0 Å². The molecule has 5 rings (SSSR count). The van der Waals surface area contributed by atoms with Gasteiger partial charge < -0.3 is 20.1 Å². The lowest BCUT2D eigenvalue weighted by molar-refractivity contribution is -0.149. The SMILES string of the molecule is C[C@H]1[C@@H](C(=O)O)CCCN1C(=O)CC1(NC(=O)OCC2c3ccccc3-c3ccccc32)CC1. The topological polar surface area (TPSA) is 95.9 Å². The molecular formula is C27H30N2O5. The van der Waals surface area contributed by atoms with Crippen molar-refractivity contribution in [2.75, 3.05) is 13.2 Å². The third-order valence-corrected chi connectivity index (χ3v) is 7.68. The van der Waals surface area contributed by atoms with Crippen molar-refractivity contribution in [3.8, 4) is 11.1 Å². The fraction of sp³-hybridized carbons (Fsp3) is 0.444. The molecule has 0 unspecified atom stereocenters. The molecule has 1 heterocycles. The van der Waals surface area contributed by atoms with Crippen LogP contribution in [0.5, 0.6) is 0 Å². The first kappa shape index (κ1) is 22.4. The third-order valence-electron chi connectivity index (χ3n) is 7.68. The van der Waals surface area contributed by atoms with Gasteiger partial charge in [0.15, 0.2) is 0 Å². The molecule has 2 fully saturated rings. The minimum absolute atomic E-state index is 0.0166. The lowest BCUT2D eigenvalue weighted by Crippen LogP contribution is -2.51. The van der Waals surface area contributed by atoms with E-state index in [0.717, 1.165) is 11.1 Å². The molecule has 0 aromatic heterocycles. The predicted octanol–water partition coefficient (Wildman–Crippen LogP) is 4.16. The molecule has 0 spiro atoms. The summed E-state index contributed by atoms with van der Waals surface area (Å²) in [5.41, 5.74) is 4.06. The molecule has 1 aliphatic heterocycles. The first-order valence-corrected chi connectivity index (χ1v) is 12.0. The smallest absolute Gasteiger partial charge is 0.407 e. The Morgan fingerprint density at radius 2 is 1.68 bits per heavy atom. The van der Waals surface area contributed by atoms with Crippen LogP contribution in [0.2, 0.25) is 0 Å². The average molecular weight is 463 g/mol. The van der Waals surface area contributed by atoms with E-state index in [1.807, 2.05) is 24.3 Å². The Kier molecular flexibility index (Phi) is 5.80. The van der Waals surface area contributed by atoms with E-state index < -0.39 is 23.5 Å². The summed E-state index contributed by atoms with van der Waals surface area (Å²) in [6, 6.07) is 16.0. The summed E-state index contributed by atoms with van der Waals surface area (Å²) in [7, 11) is 0. The summed E-state index contributed by atoms with van der Waals surface area (Å²) in [5, 5.41) is 12.4. The zero-order valence-corrected chi connectivity index (χ0v) is 19.3. The number of hydrogen-bond donors (Lipinski definition) is 2. The second-order valence-corrected chi connectivity index (χ2v) is 9.82. The summed E-state index contributed by atoms with van der Waals surface area (Å²) < 4.78 is 5.66. The van der Waals surface area contributed by atoms with E-state index in [4.69, 9.17) is 4.74 Å². The van der Waals surface area contributed by atoms with Crippen LogP contribution in [0, 0.1) is 5.92 Å². The van der Waals surface area contributed by atoms with Crippen LogP contribution in [0.3, 0.4) is 0 Å². The predicted molar refractivity (Wildman–Crippen MR) is 126 cm³/mol. The third kappa shape index (κ3) is 4.15. The molecule has 1 saturated carbocycles. The molecule has 2 amide bonds. The maximum Gasteiger partial charge on any atom is 0.407 e. The van der Waals surface area contributed by atoms with Crippen molar-refractivity contribution in [1.82, 2.24) is 10.2 Å². The van der Waals surface area contributed by atoms with E-state index in [2.05, 4.69) is 29.6 Å². The van der Waals surface area contributed by atoms with Gasteiger partial charge in [0.25, 0.3) is 0 Å². The molecule has 2 aliphatic carbocycles. The van der Waals surface area contributed by atoms with Gasteiger partial charge in [-0.3, -0.25) is 9.59 Å². The van der Waals surface area contributed by atoms with Gasteiger partial charge in [0.05, 0.1) is 17.9 Å². The van der Waals surface area contributed by atoms with Gasteiger partial charge in [0.1, 0.15) is 6.61 Å². The minimum atomic E-state index is -0.858. The van der Waals surface area contributed by atoms with Gasteiger partial charge in [-0.25, -0.2) is 4.79 Å². The van der Waals surface area contributed by atoms with E-state index in [9.17, 15) is 19.5 Å². The van der Waals surface area contributed by atoms with Gasteiger partial charge in [0, 0.05) is 18.5 Å². The van der Waals surface area contributed by atoms with Gasteiger partial charge in [0.2, 0.25) is 5.91 Å². The Morgan fingerprint density at radius 3 is 2.26 bits per heavy atom. The quantitative estimate of drug-likeness (QED) is 0.672. The fourth-order valence-corrected chi connectivity index (χ4v) is 5.56. The number of piperidine rings is 1. The van der Waals surface area contributed by atoms with Crippen LogP contribution in [0.4, 0.5) is 4.79 Å². The number of benzene rings is 2. The van der Waals surface area contributed by atoms with Crippen molar-refractivity contribution < 1.29 is 24.2 Å². The first-order valence-electron chi connectivity index (χ1n) is 12.0.